The largest absolute Gasteiger partial charge is 0.294 e. The number of carbonyl (C=O) groups excluding carboxylic acids is 1. The smallest absolute Gasteiger partial charge is 0.169 e. The molecule has 0 saturated heterocycles. The molecule has 0 bridgehead atoms. The quantitative estimate of drug-likeness (QED) is 0.489. The van der Waals surface area contributed by atoms with Crippen molar-refractivity contribution in [2.24, 2.45) is 0 Å². The second kappa shape index (κ2) is 7.57. The third-order valence-corrected chi connectivity index (χ3v) is 1.84. The van der Waals surface area contributed by atoms with Gasteiger partial charge >= 0.3 is 0 Å². The van der Waals surface area contributed by atoms with Gasteiger partial charge in [0.15, 0.2) is 5.78 Å². The SMILES string of the molecule is C=C.CC(=O)c1cccs1.S. The minimum atomic E-state index is 0. The number of hydrogen-bond acceptors (Lipinski definition) is 2. The molecule has 0 aliphatic heterocycles. The first-order valence-corrected chi connectivity index (χ1v) is 3.73. The molecule has 0 fully saturated rings. The summed E-state index contributed by atoms with van der Waals surface area (Å²) in [6.07, 6.45) is 0. The van der Waals surface area contributed by atoms with Gasteiger partial charge in [-0.2, -0.15) is 13.5 Å². The van der Waals surface area contributed by atoms with E-state index in [1.807, 2.05) is 17.5 Å². The van der Waals surface area contributed by atoms with Gasteiger partial charge in [0.1, 0.15) is 0 Å². The maximum absolute atomic E-state index is 10.5. The fraction of sp³-hybridized carbons (Fsp3) is 0.125. The van der Waals surface area contributed by atoms with Gasteiger partial charge in [-0.1, -0.05) is 6.07 Å². The standard InChI is InChI=1S/C6H6OS.C2H4.H2S/c1-5(7)6-3-2-4-8-6;1-2;/h2-4H,1H3;1-2H2;1H2. The first-order chi connectivity index (χ1) is 4.80. The Morgan fingerprint density at radius 2 is 2.09 bits per heavy atom. The lowest BCUT2D eigenvalue weighted by atomic mass is 10.4. The Morgan fingerprint density at radius 1 is 1.55 bits per heavy atom. The van der Waals surface area contributed by atoms with Gasteiger partial charge in [-0.15, -0.1) is 24.5 Å². The fourth-order valence-corrected chi connectivity index (χ4v) is 1.11. The topological polar surface area (TPSA) is 17.1 Å². The highest BCUT2D eigenvalue weighted by molar-refractivity contribution is 7.59. The molecule has 0 aliphatic rings. The second-order valence-corrected chi connectivity index (χ2v) is 2.48. The number of carbonyl (C=O) groups is 1. The molecule has 0 unspecified atom stereocenters. The zero-order valence-corrected chi connectivity index (χ0v) is 8.28. The van der Waals surface area contributed by atoms with E-state index in [4.69, 9.17) is 0 Å². The van der Waals surface area contributed by atoms with E-state index in [2.05, 4.69) is 13.2 Å². The van der Waals surface area contributed by atoms with Crippen LogP contribution in [0.25, 0.3) is 0 Å². The van der Waals surface area contributed by atoms with Crippen LogP contribution in [0.2, 0.25) is 0 Å². The molecule has 0 N–H and O–H groups in total. The Labute approximate surface area is 78.2 Å². The van der Waals surface area contributed by atoms with Crippen molar-refractivity contribution in [1.82, 2.24) is 0 Å². The van der Waals surface area contributed by atoms with Gasteiger partial charge in [-0.25, -0.2) is 0 Å². The Balaban J connectivity index is 0. The molecule has 1 nitrogen and oxygen atoms in total. The van der Waals surface area contributed by atoms with Gasteiger partial charge in [-0.05, 0) is 18.4 Å². The van der Waals surface area contributed by atoms with Gasteiger partial charge in [0.05, 0.1) is 4.88 Å². The lowest BCUT2D eigenvalue weighted by Crippen LogP contribution is -1.83. The van der Waals surface area contributed by atoms with Crippen molar-refractivity contribution in [2.75, 3.05) is 0 Å². The first-order valence-electron chi connectivity index (χ1n) is 2.85. The maximum atomic E-state index is 10.5. The van der Waals surface area contributed by atoms with Crippen LogP contribution in [0.1, 0.15) is 16.6 Å². The fourth-order valence-electron chi connectivity index (χ4n) is 0.479. The van der Waals surface area contributed by atoms with Crippen molar-refractivity contribution < 1.29 is 4.79 Å². The normalized spacial score (nSPS) is 7.00. The van der Waals surface area contributed by atoms with E-state index >= 15 is 0 Å². The van der Waals surface area contributed by atoms with Crippen molar-refractivity contribution >= 4 is 30.6 Å². The number of hydrogen-bond donors (Lipinski definition) is 0. The summed E-state index contributed by atoms with van der Waals surface area (Å²) >= 11 is 1.48. The molecule has 1 rings (SSSR count). The maximum Gasteiger partial charge on any atom is 0.169 e. The second-order valence-electron chi connectivity index (χ2n) is 1.53. The molecule has 62 valence electrons. The number of ketones is 1. The molecular formula is C8H12OS2. The van der Waals surface area contributed by atoms with Crippen molar-refractivity contribution in [2.45, 2.75) is 6.92 Å². The van der Waals surface area contributed by atoms with E-state index < -0.39 is 0 Å². The highest BCUT2D eigenvalue weighted by Crippen LogP contribution is 2.07. The van der Waals surface area contributed by atoms with Crippen molar-refractivity contribution in [1.29, 1.82) is 0 Å². The molecule has 1 aromatic heterocycles. The highest BCUT2D eigenvalue weighted by Gasteiger charge is 1.95. The zero-order valence-electron chi connectivity index (χ0n) is 6.46. The molecule has 1 aromatic rings. The van der Waals surface area contributed by atoms with Crippen molar-refractivity contribution in [3.63, 3.8) is 0 Å². The van der Waals surface area contributed by atoms with Gasteiger partial charge in [-0.3, -0.25) is 4.79 Å². The van der Waals surface area contributed by atoms with E-state index in [-0.39, 0.29) is 19.3 Å². The summed E-state index contributed by atoms with van der Waals surface area (Å²) in [6.45, 7) is 7.58. The molecule has 1 heterocycles. The van der Waals surface area contributed by atoms with Crippen LogP contribution >= 0.6 is 24.8 Å². The number of rotatable bonds is 1. The predicted molar refractivity (Wildman–Crippen MR) is 56.0 cm³/mol. The van der Waals surface area contributed by atoms with Crippen molar-refractivity contribution in [3.8, 4) is 0 Å². The minimum absolute atomic E-state index is 0. The lowest BCUT2D eigenvalue weighted by molar-refractivity contribution is 0.102. The van der Waals surface area contributed by atoms with Gasteiger partial charge in [0, 0.05) is 0 Å². The summed E-state index contributed by atoms with van der Waals surface area (Å²) in [5, 5.41) is 1.90. The molecular weight excluding hydrogens is 176 g/mol. The van der Waals surface area contributed by atoms with E-state index in [1.165, 1.54) is 11.3 Å². The summed E-state index contributed by atoms with van der Waals surface area (Å²) in [7, 11) is 0. The molecule has 3 heteroatoms. The van der Waals surface area contributed by atoms with E-state index in [9.17, 15) is 4.79 Å². The summed E-state index contributed by atoms with van der Waals surface area (Å²) in [4.78, 5) is 11.4. The molecule has 11 heavy (non-hydrogen) atoms. The minimum Gasteiger partial charge on any atom is -0.294 e. The molecule has 0 aliphatic carbocycles. The van der Waals surface area contributed by atoms with Gasteiger partial charge in [0.25, 0.3) is 0 Å². The van der Waals surface area contributed by atoms with E-state index in [1.54, 1.807) is 6.92 Å². The van der Waals surface area contributed by atoms with Crippen molar-refractivity contribution in [3.05, 3.63) is 35.5 Å². The van der Waals surface area contributed by atoms with Crippen LogP contribution in [-0.2, 0) is 0 Å². The molecule has 0 radical (unpaired) electrons. The summed E-state index contributed by atoms with van der Waals surface area (Å²) < 4.78 is 0. The molecule has 0 amide bonds. The lowest BCUT2D eigenvalue weighted by Gasteiger charge is -1.79. The molecule has 0 saturated carbocycles. The highest BCUT2D eigenvalue weighted by atomic mass is 32.1. The van der Waals surface area contributed by atoms with Crippen LogP contribution in [0.4, 0.5) is 0 Å². The van der Waals surface area contributed by atoms with Gasteiger partial charge in [0.2, 0.25) is 0 Å². The molecule has 0 aromatic carbocycles. The Hall–Kier alpha value is -0.540. The Morgan fingerprint density at radius 3 is 2.27 bits per heavy atom. The Kier molecular flexibility index (Phi) is 9.00. The van der Waals surface area contributed by atoms with Crippen LogP contribution in [0.5, 0.6) is 0 Å². The van der Waals surface area contributed by atoms with Crippen LogP contribution in [0.3, 0.4) is 0 Å². The van der Waals surface area contributed by atoms with E-state index in [0.29, 0.717) is 0 Å². The van der Waals surface area contributed by atoms with Crippen LogP contribution in [0.15, 0.2) is 30.7 Å². The van der Waals surface area contributed by atoms with Crippen LogP contribution in [-0.4, -0.2) is 5.78 Å². The zero-order chi connectivity index (χ0) is 7.98. The summed E-state index contributed by atoms with van der Waals surface area (Å²) in [6, 6.07) is 3.70. The predicted octanol–water partition coefficient (Wildman–Crippen LogP) is 2.87. The van der Waals surface area contributed by atoms with Crippen LogP contribution in [0, 0.1) is 0 Å². The van der Waals surface area contributed by atoms with Crippen LogP contribution < -0.4 is 0 Å². The summed E-state index contributed by atoms with van der Waals surface area (Å²) in [5.41, 5.74) is 0. The average molecular weight is 188 g/mol. The number of Topliss-reactive ketones (excluding diaryl/α,β-unsaturated/α-hetero) is 1. The molecule has 0 spiro atoms. The number of thiophene rings is 1. The van der Waals surface area contributed by atoms with Gasteiger partial charge < -0.3 is 0 Å². The summed E-state index contributed by atoms with van der Waals surface area (Å²) in [5.74, 6) is 0.153. The third kappa shape index (κ3) is 4.81. The average Bonchev–Trinajstić information content (AvgIpc) is 2.42. The third-order valence-electron chi connectivity index (χ3n) is 0.868. The van der Waals surface area contributed by atoms with E-state index in [0.717, 1.165) is 4.88 Å². The first kappa shape index (κ1) is 13.1. The Bertz CT molecular complexity index is 192. The molecule has 0 atom stereocenters. The monoisotopic (exact) mass is 188 g/mol.